The summed E-state index contributed by atoms with van der Waals surface area (Å²) >= 11 is 0. The molecule has 0 saturated heterocycles. The second-order valence-electron chi connectivity index (χ2n) is 4.67. The van der Waals surface area contributed by atoms with E-state index in [1.807, 2.05) is 30.5 Å². The van der Waals surface area contributed by atoms with E-state index >= 15 is 0 Å². The maximum absolute atomic E-state index is 11.9. The van der Waals surface area contributed by atoms with Gasteiger partial charge in [0.25, 0.3) is 0 Å². The molecule has 3 rings (SSSR count). The lowest BCUT2D eigenvalue weighted by Gasteiger charge is -2.03. The van der Waals surface area contributed by atoms with Crippen LogP contribution in [0.2, 0.25) is 0 Å². The average molecular weight is 268 g/mol. The minimum absolute atomic E-state index is 0.0290. The van der Waals surface area contributed by atoms with Crippen molar-refractivity contribution in [1.29, 1.82) is 0 Å². The molecule has 0 aliphatic heterocycles. The van der Waals surface area contributed by atoms with Crippen molar-refractivity contribution in [2.75, 3.05) is 6.54 Å². The van der Waals surface area contributed by atoms with E-state index < -0.39 is 0 Å². The van der Waals surface area contributed by atoms with Crippen LogP contribution in [-0.4, -0.2) is 27.4 Å². The van der Waals surface area contributed by atoms with Crippen LogP contribution in [0.3, 0.4) is 0 Å². The van der Waals surface area contributed by atoms with Crippen molar-refractivity contribution in [1.82, 2.24) is 20.3 Å². The zero-order valence-electron chi connectivity index (χ0n) is 11.0. The van der Waals surface area contributed by atoms with Crippen molar-refractivity contribution in [3.8, 4) is 0 Å². The van der Waals surface area contributed by atoms with Crippen LogP contribution in [0.15, 0.2) is 42.9 Å². The highest BCUT2D eigenvalue weighted by Gasteiger charge is 2.08. The Kier molecular flexibility index (Phi) is 3.50. The monoisotopic (exact) mass is 268 g/mol. The predicted octanol–water partition coefficient (Wildman–Crippen LogP) is 1.79. The minimum atomic E-state index is 0.0290. The second kappa shape index (κ2) is 5.61. The first-order valence-corrected chi connectivity index (χ1v) is 6.63. The molecular weight excluding hydrogens is 252 g/mol. The number of imidazole rings is 1. The van der Waals surface area contributed by atoms with E-state index in [9.17, 15) is 4.79 Å². The third kappa shape index (κ3) is 2.71. The molecule has 1 aromatic carbocycles. The lowest BCUT2D eigenvalue weighted by atomic mass is 10.1. The molecule has 0 unspecified atom stereocenters. The fourth-order valence-corrected chi connectivity index (χ4v) is 2.27. The van der Waals surface area contributed by atoms with E-state index in [0.717, 1.165) is 22.3 Å². The molecule has 5 nitrogen and oxygen atoms in total. The fourth-order valence-electron chi connectivity index (χ4n) is 2.27. The summed E-state index contributed by atoms with van der Waals surface area (Å²) in [7, 11) is 0. The average Bonchev–Trinajstić information content (AvgIpc) is 3.09. The van der Waals surface area contributed by atoms with Gasteiger partial charge in [0.1, 0.15) is 5.82 Å². The number of nitrogens with one attached hydrogen (secondary N) is 3. The molecule has 0 bridgehead atoms. The first-order chi connectivity index (χ1) is 9.83. The standard InChI is InChI=1S/C15H16N4O/c20-15(18-6-5-14-16-7-8-17-14)9-11-10-19-13-4-2-1-3-12(11)13/h1-4,7-8,10,19H,5-6,9H2,(H,16,17)(H,18,20). The molecule has 20 heavy (non-hydrogen) atoms. The van der Waals surface area contributed by atoms with E-state index in [2.05, 4.69) is 20.3 Å². The number of para-hydroxylation sites is 1. The molecule has 2 heterocycles. The van der Waals surface area contributed by atoms with E-state index in [0.29, 0.717) is 19.4 Å². The Labute approximate surface area is 116 Å². The van der Waals surface area contributed by atoms with Crippen molar-refractivity contribution < 1.29 is 4.79 Å². The quantitative estimate of drug-likeness (QED) is 0.660. The molecular formula is C15H16N4O. The van der Waals surface area contributed by atoms with E-state index in [4.69, 9.17) is 0 Å². The van der Waals surface area contributed by atoms with Gasteiger partial charge >= 0.3 is 0 Å². The van der Waals surface area contributed by atoms with Gasteiger partial charge in [-0.3, -0.25) is 4.79 Å². The van der Waals surface area contributed by atoms with Crippen molar-refractivity contribution in [2.24, 2.45) is 0 Å². The Morgan fingerprint density at radius 1 is 1.25 bits per heavy atom. The van der Waals surface area contributed by atoms with Gasteiger partial charge in [-0.25, -0.2) is 4.98 Å². The topological polar surface area (TPSA) is 73.6 Å². The Morgan fingerprint density at radius 2 is 2.15 bits per heavy atom. The highest BCUT2D eigenvalue weighted by atomic mass is 16.1. The molecule has 0 fully saturated rings. The lowest BCUT2D eigenvalue weighted by Crippen LogP contribution is -2.27. The van der Waals surface area contributed by atoms with Gasteiger partial charge in [-0.1, -0.05) is 18.2 Å². The number of aromatic amines is 2. The molecule has 0 saturated carbocycles. The third-order valence-corrected chi connectivity index (χ3v) is 3.26. The van der Waals surface area contributed by atoms with Gasteiger partial charge in [-0.15, -0.1) is 0 Å². The summed E-state index contributed by atoms with van der Waals surface area (Å²) in [6.07, 6.45) is 6.50. The summed E-state index contributed by atoms with van der Waals surface area (Å²) < 4.78 is 0. The number of hydrogen-bond donors (Lipinski definition) is 3. The number of carbonyl (C=O) groups is 1. The summed E-state index contributed by atoms with van der Waals surface area (Å²) in [6.45, 7) is 0.592. The van der Waals surface area contributed by atoms with Crippen molar-refractivity contribution >= 4 is 16.8 Å². The third-order valence-electron chi connectivity index (χ3n) is 3.26. The van der Waals surface area contributed by atoms with Crippen LogP contribution in [0.5, 0.6) is 0 Å². The summed E-state index contributed by atoms with van der Waals surface area (Å²) in [6, 6.07) is 7.99. The zero-order valence-corrected chi connectivity index (χ0v) is 11.0. The minimum Gasteiger partial charge on any atom is -0.361 e. The molecule has 0 radical (unpaired) electrons. The molecule has 3 N–H and O–H groups in total. The molecule has 0 aliphatic rings. The largest absolute Gasteiger partial charge is 0.361 e. The molecule has 102 valence electrons. The number of H-pyrrole nitrogens is 2. The summed E-state index contributed by atoms with van der Waals surface area (Å²) in [5.41, 5.74) is 2.09. The van der Waals surface area contributed by atoms with Gasteiger partial charge in [0.05, 0.1) is 6.42 Å². The van der Waals surface area contributed by atoms with Crippen molar-refractivity contribution in [2.45, 2.75) is 12.8 Å². The second-order valence-corrected chi connectivity index (χ2v) is 4.67. The fraction of sp³-hybridized carbons (Fsp3) is 0.200. The molecule has 2 aromatic heterocycles. The van der Waals surface area contributed by atoms with Crippen LogP contribution in [-0.2, 0) is 17.6 Å². The highest BCUT2D eigenvalue weighted by Crippen LogP contribution is 2.17. The first-order valence-electron chi connectivity index (χ1n) is 6.63. The molecule has 0 aliphatic carbocycles. The maximum atomic E-state index is 11.9. The zero-order chi connectivity index (χ0) is 13.8. The molecule has 5 heteroatoms. The Morgan fingerprint density at radius 3 is 3.00 bits per heavy atom. The normalized spacial score (nSPS) is 10.8. The van der Waals surface area contributed by atoms with Gasteiger partial charge in [-0.2, -0.15) is 0 Å². The smallest absolute Gasteiger partial charge is 0.224 e. The van der Waals surface area contributed by atoms with Crippen molar-refractivity contribution in [3.05, 3.63) is 54.2 Å². The predicted molar refractivity (Wildman–Crippen MR) is 77.3 cm³/mol. The molecule has 1 amide bonds. The Bertz CT molecular complexity index is 700. The number of benzene rings is 1. The van der Waals surface area contributed by atoms with Gasteiger partial charge in [0, 0.05) is 42.5 Å². The lowest BCUT2D eigenvalue weighted by molar-refractivity contribution is -0.120. The van der Waals surface area contributed by atoms with E-state index in [1.165, 1.54) is 0 Å². The SMILES string of the molecule is O=C(Cc1c[nH]c2ccccc12)NCCc1ncc[nH]1. The number of hydrogen-bond acceptors (Lipinski definition) is 2. The summed E-state index contributed by atoms with van der Waals surface area (Å²) in [4.78, 5) is 22.2. The van der Waals surface area contributed by atoms with Gasteiger partial charge in [0.2, 0.25) is 5.91 Å². The Balaban J connectivity index is 1.56. The van der Waals surface area contributed by atoms with E-state index in [1.54, 1.807) is 12.4 Å². The van der Waals surface area contributed by atoms with Crippen molar-refractivity contribution in [3.63, 3.8) is 0 Å². The summed E-state index contributed by atoms with van der Waals surface area (Å²) in [5.74, 6) is 0.915. The van der Waals surface area contributed by atoms with E-state index in [-0.39, 0.29) is 5.91 Å². The summed E-state index contributed by atoms with van der Waals surface area (Å²) in [5, 5.41) is 4.02. The Hall–Kier alpha value is -2.56. The number of fused-ring (bicyclic) bond motifs is 1. The molecule has 3 aromatic rings. The van der Waals surface area contributed by atoms with Crippen LogP contribution in [0.1, 0.15) is 11.4 Å². The van der Waals surface area contributed by atoms with Crippen LogP contribution >= 0.6 is 0 Å². The molecule has 0 spiro atoms. The number of amides is 1. The molecule has 0 atom stereocenters. The van der Waals surface area contributed by atoms with Crippen LogP contribution < -0.4 is 5.32 Å². The number of aromatic nitrogens is 3. The number of nitrogens with zero attached hydrogens (tertiary/aromatic N) is 1. The maximum Gasteiger partial charge on any atom is 0.224 e. The van der Waals surface area contributed by atoms with Gasteiger partial charge in [-0.05, 0) is 11.6 Å². The number of rotatable bonds is 5. The van der Waals surface area contributed by atoms with Crippen LogP contribution in [0.4, 0.5) is 0 Å². The van der Waals surface area contributed by atoms with Gasteiger partial charge in [0.15, 0.2) is 0 Å². The van der Waals surface area contributed by atoms with Crippen LogP contribution in [0.25, 0.3) is 10.9 Å². The number of carbonyl (C=O) groups excluding carboxylic acids is 1. The van der Waals surface area contributed by atoms with Gasteiger partial charge < -0.3 is 15.3 Å². The van der Waals surface area contributed by atoms with Crippen LogP contribution in [0, 0.1) is 0 Å². The first kappa shape index (κ1) is 12.5. The highest BCUT2D eigenvalue weighted by molar-refractivity contribution is 5.88.